The first-order valence-electron chi connectivity index (χ1n) is 18.3. The maximum absolute atomic E-state index is 6.67. The fraction of sp³-hybridized carbons (Fsp3) is 0.0816. The Bertz CT molecular complexity index is 2930. The molecule has 3 heterocycles. The first kappa shape index (κ1) is 31.9. The van der Waals surface area contributed by atoms with E-state index in [-0.39, 0.29) is 5.41 Å². The molecule has 10 rings (SSSR count). The number of hydrogen-bond acceptors (Lipinski definition) is 5. The highest BCUT2D eigenvalue weighted by Gasteiger charge is 2.33. The zero-order valence-electron chi connectivity index (χ0n) is 30.0. The van der Waals surface area contributed by atoms with Crippen LogP contribution in [0.4, 0.5) is 0 Å². The van der Waals surface area contributed by atoms with Crippen molar-refractivity contribution in [1.29, 1.82) is 0 Å². The van der Waals surface area contributed by atoms with Crippen LogP contribution in [0.1, 0.15) is 36.3 Å². The van der Waals surface area contributed by atoms with E-state index in [2.05, 4.69) is 116 Å². The predicted molar refractivity (Wildman–Crippen MR) is 220 cm³/mol. The Hall–Kier alpha value is -6.85. The molecule has 0 aliphatic heterocycles. The average Bonchev–Trinajstić information content (AvgIpc) is 3.79. The molecule has 1 aliphatic rings. The highest BCUT2D eigenvalue weighted by Crippen LogP contribution is 2.44. The second-order valence-electron chi connectivity index (χ2n) is 14.2. The fourth-order valence-electron chi connectivity index (χ4n) is 7.88. The molecule has 0 spiro atoms. The van der Waals surface area contributed by atoms with Gasteiger partial charge in [0.25, 0.3) is 0 Å². The summed E-state index contributed by atoms with van der Waals surface area (Å²) in [5.41, 5.74) is 10.8. The van der Waals surface area contributed by atoms with Gasteiger partial charge < -0.3 is 8.83 Å². The lowest BCUT2D eigenvalue weighted by Crippen LogP contribution is -2.24. The second kappa shape index (κ2) is 12.7. The van der Waals surface area contributed by atoms with Crippen molar-refractivity contribution in [2.24, 2.45) is 0 Å². The van der Waals surface area contributed by atoms with Crippen LogP contribution in [0.5, 0.6) is 0 Å². The molecule has 54 heavy (non-hydrogen) atoms. The first-order chi connectivity index (χ1) is 26.5. The molecule has 1 unspecified atom stereocenters. The van der Waals surface area contributed by atoms with E-state index < -0.39 is 0 Å². The molecule has 0 bridgehead atoms. The molecule has 9 aromatic rings. The predicted octanol–water partition coefficient (Wildman–Crippen LogP) is 12.7. The van der Waals surface area contributed by atoms with Crippen molar-refractivity contribution < 1.29 is 8.83 Å². The molecule has 0 saturated carbocycles. The van der Waals surface area contributed by atoms with Gasteiger partial charge in [-0.3, -0.25) is 0 Å². The lowest BCUT2D eigenvalue weighted by atomic mass is 9.74. The number of furan rings is 2. The summed E-state index contributed by atoms with van der Waals surface area (Å²) in [5, 5.41) is 3.27. The second-order valence-corrected chi connectivity index (χ2v) is 14.2. The molecule has 5 heteroatoms. The number of fused-ring (bicyclic) bond motifs is 6. The van der Waals surface area contributed by atoms with Crippen molar-refractivity contribution in [1.82, 2.24) is 15.0 Å². The molecule has 0 saturated heterocycles. The Kier molecular flexibility index (Phi) is 7.48. The minimum Gasteiger partial charge on any atom is -0.460 e. The summed E-state index contributed by atoms with van der Waals surface area (Å²) in [7, 11) is 0. The molecule has 6 aromatic carbocycles. The molecule has 3 aromatic heterocycles. The fourth-order valence-corrected chi connectivity index (χ4v) is 7.88. The van der Waals surface area contributed by atoms with Crippen molar-refractivity contribution in [3.8, 4) is 45.3 Å². The smallest absolute Gasteiger partial charge is 0.164 e. The highest BCUT2D eigenvalue weighted by atomic mass is 16.3. The van der Waals surface area contributed by atoms with Gasteiger partial charge in [-0.05, 0) is 47.4 Å². The van der Waals surface area contributed by atoms with Crippen LogP contribution in [0, 0.1) is 0 Å². The van der Waals surface area contributed by atoms with Crippen LogP contribution < -0.4 is 0 Å². The molecule has 1 atom stereocenters. The van der Waals surface area contributed by atoms with E-state index in [1.807, 2.05) is 61.5 Å². The van der Waals surface area contributed by atoms with Gasteiger partial charge in [0.2, 0.25) is 0 Å². The Morgan fingerprint density at radius 1 is 0.574 bits per heavy atom. The SMILES string of the molecule is C/C=C\c1ccccc1-c1ccc(-c2nc(-c3ccccc3)nc(-c3cccc4oc5c(c34)C=CC(C)(c3ccc4c(c3)oc3ccccc34)C5)n2)cc1. The van der Waals surface area contributed by atoms with E-state index in [1.54, 1.807) is 0 Å². The van der Waals surface area contributed by atoms with Crippen LogP contribution in [0.2, 0.25) is 0 Å². The maximum atomic E-state index is 6.67. The Balaban J connectivity index is 1.06. The molecule has 0 N–H and O–H groups in total. The van der Waals surface area contributed by atoms with E-state index in [0.29, 0.717) is 23.9 Å². The maximum Gasteiger partial charge on any atom is 0.164 e. The summed E-state index contributed by atoms with van der Waals surface area (Å²) in [6.45, 7) is 4.30. The van der Waals surface area contributed by atoms with E-state index in [0.717, 1.165) is 66.5 Å². The van der Waals surface area contributed by atoms with Crippen LogP contribution in [0.25, 0.3) is 90.4 Å². The summed E-state index contributed by atoms with van der Waals surface area (Å²) in [5.74, 6) is 2.79. The molecule has 5 nitrogen and oxygen atoms in total. The van der Waals surface area contributed by atoms with Gasteiger partial charge in [-0.1, -0.05) is 153 Å². The van der Waals surface area contributed by atoms with Crippen LogP contribution in [-0.4, -0.2) is 15.0 Å². The molecule has 258 valence electrons. The van der Waals surface area contributed by atoms with E-state index >= 15 is 0 Å². The third kappa shape index (κ3) is 5.36. The topological polar surface area (TPSA) is 65.0 Å². The van der Waals surface area contributed by atoms with Crippen LogP contribution >= 0.6 is 0 Å². The van der Waals surface area contributed by atoms with Crippen LogP contribution in [0.15, 0.2) is 161 Å². The summed E-state index contributed by atoms with van der Waals surface area (Å²) in [6, 6.07) is 48.0. The number of para-hydroxylation sites is 1. The molecule has 0 fully saturated rings. The minimum atomic E-state index is -0.283. The van der Waals surface area contributed by atoms with Gasteiger partial charge in [-0.15, -0.1) is 0 Å². The number of nitrogens with zero attached hydrogens (tertiary/aromatic N) is 3. The van der Waals surface area contributed by atoms with Gasteiger partial charge in [0.15, 0.2) is 17.5 Å². The lowest BCUT2D eigenvalue weighted by Gasteiger charge is -2.29. The van der Waals surface area contributed by atoms with Gasteiger partial charge in [0.05, 0.1) is 0 Å². The van der Waals surface area contributed by atoms with Gasteiger partial charge in [-0.25, -0.2) is 15.0 Å². The number of benzene rings is 6. The van der Waals surface area contributed by atoms with Crippen LogP contribution in [-0.2, 0) is 11.8 Å². The Morgan fingerprint density at radius 3 is 2.07 bits per heavy atom. The average molecular weight is 698 g/mol. The number of rotatable bonds is 6. The van der Waals surface area contributed by atoms with E-state index in [4.69, 9.17) is 23.8 Å². The van der Waals surface area contributed by atoms with Crippen molar-refractivity contribution in [2.75, 3.05) is 0 Å². The normalized spacial score (nSPS) is 15.4. The summed E-state index contributed by atoms with van der Waals surface area (Å²) >= 11 is 0. The molecule has 1 aliphatic carbocycles. The zero-order chi connectivity index (χ0) is 36.2. The third-order valence-electron chi connectivity index (χ3n) is 10.7. The Labute approximate surface area is 313 Å². The molecular formula is C49H35N3O2. The van der Waals surface area contributed by atoms with Gasteiger partial charge in [0.1, 0.15) is 22.5 Å². The van der Waals surface area contributed by atoms with Gasteiger partial charge in [0, 0.05) is 50.2 Å². The van der Waals surface area contributed by atoms with Gasteiger partial charge in [-0.2, -0.15) is 0 Å². The number of hydrogen-bond donors (Lipinski definition) is 0. The monoisotopic (exact) mass is 697 g/mol. The molecular weight excluding hydrogens is 663 g/mol. The largest absolute Gasteiger partial charge is 0.460 e. The van der Waals surface area contributed by atoms with Crippen molar-refractivity contribution in [3.05, 3.63) is 174 Å². The first-order valence-corrected chi connectivity index (χ1v) is 18.3. The quantitative estimate of drug-likeness (QED) is 0.173. The zero-order valence-corrected chi connectivity index (χ0v) is 30.0. The summed E-state index contributed by atoms with van der Waals surface area (Å²) in [6.07, 6.45) is 9.43. The number of allylic oxidation sites excluding steroid dienone is 2. The van der Waals surface area contributed by atoms with Crippen LogP contribution in [0.3, 0.4) is 0 Å². The standard InChI is InChI=1S/C49H35N3O2/c1-3-12-31-13-7-8-16-36(31)32-21-23-34(24-22-32)47-50-46(33-14-5-4-6-15-33)51-48(52-47)40-18-11-20-42-45(40)39-27-28-49(2,30-44(39)54-42)35-25-26-38-37-17-9-10-19-41(37)53-43(38)29-35/h3-29H,30H2,1-2H3/b12-3-. The third-order valence-corrected chi connectivity index (χ3v) is 10.7. The van der Waals surface area contributed by atoms with Crippen molar-refractivity contribution >= 4 is 45.1 Å². The van der Waals surface area contributed by atoms with Crippen molar-refractivity contribution in [3.63, 3.8) is 0 Å². The summed E-state index contributed by atoms with van der Waals surface area (Å²) < 4.78 is 12.9. The lowest BCUT2D eigenvalue weighted by molar-refractivity contribution is 0.475. The highest BCUT2D eigenvalue weighted by molar-refractivity contribution is 6.05. The van der Waals surface area contributed by atoms with Gasteiger partial charge >= 0.3 is 0 Å². The van der Waals surface area contributed by atoms with E-state index in [1.165, 1.54) is 16.7 Å². The summed E-state index contributed by atoms with van der Waals surface area (Å²) in [4.78, 5) is 15.2. The van der Waals surface area contributed by atoms with Crippen molar-refractivity contribution in [2.45, 2.75) is 25.7 Å². The minimum absolute atomic E-state index is 0.283. The number of aromatic nitrogens is 3. The Morgan fingerprint density at radius 2 is 1.24 bits per heavy atom. The molecule has 0 radical (unpaired) electrons. The van der Waals surface area contributed by atoms with E-state index in [9.17, 15) is 0 Å². The molecule has 0 amide bonds.